The van der Waals surface area contributed by atoms with Crippen molar-refractivity contribution in [3.8, 4) is 5.75 Å². The Labute approximate surface area is 433 Å². The number of carbonyl (C=O) groups excluding carboxylic acids is 4. The van der Waals surface area contributed by atoms with Gasteiger partial charge in [-0.1, -0.05) is 108 Å². The number of aromatic nitrogens is 2. The Morgan fingerprint density at radius 2 is 1.44 bits per heavy atom. The number of ketones is 1. The summed E-state index contributed by atoms with van der Waals surface area (Å²) in [5.74, 6) is -0.132. The van der Waals surface area contributed by atoms with E-state index in [1.54, 1.807) is 53.5 Å². The van der Waals surface area contributed by atoms with Gasteiger partial charge in [-0.3, -0.25) is 24.1 Å². The number of nitrogens with zero attached hydrogens (tertiary/aromatic N) is 4. The van der Waals surface area contributed by atoms with Gasteiger partial charge in [0.15, 0.2) is 5.78 Å². The molecule has 18 heteroatoms. The molecule has 7 rings (SSSR count). The quantitative estimate of drug-likeness (QED) is 0.0355. The lowest BCUT2D eigenvalue weighted by Gasteiger charge is -2.32. The number of halogens is 4. The van der Waals surface area contributed by atoms with Gasteiger partial charge in [0, 0.05) is 63.0 Å². The molecule has 0 aliphatic carbocycles. The lowest BCUT2D eigenvalue weighted by molar-refractivity contribution is -0.132. The number of β-amino-alcohol motifs (C(OH)–C–C–N with tert-alkyl or cyclic N) is 1. The summed E-state index contributed by atoms with van der Waals surface area (Å²) in [6, 6.07) is 26.5. The number of Topliss-reactive ketones (excluding diaryl/α,β-unsaturated/α-hetero) is 1. The van der Waals surface area contributed by atoms with Crippen LogP contribution in [0.3, 0.4) is 0 Å². The van der Waals surface area contributed by atoms with E-state index in [0.717, 1.165) is 50.8 Å². The molecule has 0 radical (unpaired) electrons. The fraction of sp³-hybridized carbons (Fsp3) is 0.321. The van der Waals surface area contributed by atoms with Crippen LogP contribution in [0.1, 0.15) is 64.0 Å². The van der Waals surface area contributed by atoms with E-state index in [9.17, 15) is 24.3 Å². The number of amides is 3. The molecule has 6 N–H and O–H groups in total. The molecule has 3 heterocycles. The van der Waals surface area contributed by atoms with E-state index in [1.807, 2.05) is 36.4 Å². The lowest BCUT2D eigenvalue weighted by atomic mass is 9.93. The van der Waals surface area contributed by atoms with Gasteiger partial charge < -0.3 is 36.4 Å². The fourth-order valence-corrected chi connectivity index (χ4v) is 8.90. The predicted molar refractivity (Wildman–Crippen MR) is 280 cm³/mol. The van der Waals surface area contributed by atoms with E-state index in [1.165, 1.54) is 23.5 Å². The van der Waals surface area contributed by atoms with Gasteiger partial charge in [-0.15, -0.1) is 0 Å². The first-order chi connectivity index (χ1) is 34.3. The van der Waals surface area contributed by atoms with E-state index >= 15 is 0 Å². The van der Waals surface area contributed by atoms with Gasteiger partial charge in [0.1, 0.15) is 23.6 Å². The number of ether oxygens (including phenoxy) is 1. The lowest BCUT2D eigenvalue weighted by Crippen LogP contribution is -2.49. The molecule has 71 heavy (non-hydrogen) atoms. The van der Waals surface area contributed by atoms with Crippen molar-refractivity contribution < 1.29 is 29.0 Å². The largest absolute Gasteiger partial charge is 0.494 e. The van der Waals surface area contributed by atoms with Crippen LogP contribution in [0.5, 0.6) is 5.75 Å². The van der Waals surface area contributed by atoms with E-state index in [0.29, 0.717) is 73.6 Å². The van der Waals surface area contributed by atoms with E-state index in [2.05, 4.69) is 43.0 Å². The number of hydrogen-bond acceptors (Lipinski definition) is 11. The molecule has 2 atom stereocenters. The van der Waals surface area contributed by atoms with Crippen LogP contribution in [0.2, 0.25) is 20.1 Å². The number of hydrogen-bond donors (Lipinski definition) is 5. The number of aliphatic hydroxyl groups is 1. The van der Waals surface area contributed by atoms with Gasteiger partial charge in [0.25, 0.3) is 5.91 Å². The summed E-state index contributed by atoms with van der Waals surface area (Å²) in [4.78, 5) is 64.8. The molecule has 2 aliphatic heterocycles. The topological polar surface area (TPSA) is 192 Å². The first kappa shape index (κ1) is 53.0. The smallest absolute Gasteiger partial charge is 0.270 e. The van der Waals surface area contributed by atoms with Crippen LogP contribution in [0.25, 0.3) is 12.2 Å². The average Bonchev–Trinajstić information content (AvgIpc) is 3.37. The predicted octanol–water partition coefficient (Wildman–Crippen LogP) is 7.86. The maximum atomic E-state index is 13.9. The number of benzene rings is 4. The number of nitrogens with two attached hydrogens (primary N) is 1. The van der Waals surface area contributed by atoms with Gasteiger partial charge in [-0.2, -0.15) is 0 Å². The standard InChI is InChI=1S/C53H56Cl4N8O6/c54-43-15-11-35(23-45(43)56)21-39-30-65(31-40(51(39)68)22-36-12-16-44(55)46(57)24-36)53(70)47(58)25-34-9-13-42(14-10-34)71-20-6-2-1-5-18-59-50(67)28-60-49-26-48(62-33-63-49)52(69)61-27-41(66)32-64-19-17-37-7-3-4-8-38(37)29-64/h3-4,7-16,21-24,26,33,41,47,66H,1-2,5-6,17-20,25,27-32,58H2,(H,59,67)(H,61,69)(H,60,62,63)/b39-21+,40-22+/t41-,47+/m0/s1. The Kier molecular flexibility index (Phi) is 19.4. The summed E-state index contributed by atoms with van der Waals surface area (Å²) in [6.07, 6.45) is 8.56. The van der Waals surface area contributed by atoms with Gasteiger partial charge >= 0.3 is 0 Å². The summed E-state index contributed by atoms with van der Waals surface area (Å²) < 4.78 is 5.96. The molecule has 0 spiro atoms. The zero-order valence-corrected chi connectivity index (χ0v) is 42.0. The molecule has 2 aliphatic rings. The molecule has 372 valence electrons. The molecule has 14 nitrogen and oxygen atoms in total. The van der Waals surface area contributed by atoms with Crippen LogP contribution in [-0.2, 0) is 33.8 Å². The van der Waals surface area contributed by atoms with Crippen molar-refractivity contribution in [2.45, 2.75) is 57.2 Å². The third-order valence-electron chi connectivity index (χ3n) is 12.1. The van der Waals surface area contributed by atoms with Gasteiger partial charge in [0.05, 0.1) is 45.4 Å². The molecule has 1 aromatic heterocycles. The third-order valence-corrected chi connectivity index (χ3v) is 13.5. The van der Waals surface area contributed by atoms with E-state index in [-0.39, 0.29) is 55.9 Å². The highest BCUT2D eigenvalue weighted by molar-refractivity contribution is 6.42. The van der Waals surface area contributed by atoms with Crippen molar-refractivity contribution in [2.24, 2.45) is 5.73 Å². The first-order valence-electron chi connectivity index (χ1n) is 23.5. The number of nitrogens with one attached hydrogen (secondary N) is 3. The number of anilines is 1. The Morgan fingerprint density at radius 3 is 2.11 bits per heavy atom. The van der Waals surface area contributed by atoms with Crippen LogP contribution in [0.15, 0.2) is 108 Å². The molecule has 1 fully saturated rings. The van der Waals surface area contributed by atoms with Crippen LogP contribution in [0, 0.1) is 0 Å². The Morgan fingerprint density at radius 1 is 0.775 bits per heavy atom. The molecule has 3 amide bonds. The van der Waals surface area contributed by atoms with Crippen molar-refractivity contribution in [1.29, 1.82) is 0 Å². The number of carbonyl (C=O) groups is 4. The summed E-state index contributed by atoms with van der Waals surface area (Å²) in [5, 5.41) is 20.6. The Hall–Kier alpha value is -5.84. The maximum Gasteiger partial charge on any atom is 0.270 e. The summed E-state index contributed by atoms with van der Waals surface area (Å²) in [7, 11) is 0. The van der Waals surface area contributed by atoms with Crippen molar-refractivity contribution in [1.82, 2.24) is 30.4 Å². The zero-order valence-electron chi connectivity index (χ0n) is 39.0. The zero-order chi connectivity index (χ0) is 50.3. The van der Waals surface area contributed by atoms with Crippen molar-refractivity contribution >= 4 is 87.9 Å². The van der Waals surface area contributed by atoms with Crippen molar-refractivity contribution in [3.63, 3.8) is 0 Å². The molecule has 0 unspecified atom stereocenters. The minimum Gasteiger partial charge on any atom is -0.494 e. The number of unbranched alkanes of at least 4 members (excludes halogenated alkanes) is 3. The molecule has 4 aromatic carbocycles. The van der Waals surface area contributed by atoms with Crippen LogP contribution < -0.4 is 26.4 Å². The number of aliphatic hydroxyl groups excluding tert-OH is 1. The van der Waals surface area contributed by atoms with Gasteiger partial charge in [-0.05, 0) is 102 Å². The van der Waals surface area contributed by atoms with Crippen LogP contribution in [0.4, 0.5) is 5.82 Å². The highest BCUT2D eigenvalue weighted by Gasteiger charge is 2.32. The minimum atomic E-state index is -0.873. The second-order valence-corrected chi connectivity index (χ2v) is 19.2. The second-order valence-electron chi connectivity index (χ2n) is 17.5. The van der Waals surface area contributed by atoms with Crippen LogP contribution >= 0.6 is 46.4 Å². The molecular formula is C53H56Cl4N8O6. The molecule has 0 saturated carbocycles. The Bertz CT molecular complexity index is 2680. The summed E-state index contributed by atoms with van der Waals surface area (Å²) in [6.45, 7) is 3.27. The molecule has 5 aromatic rings. The average molecular weight is 1040 g/mol. The fourth-order valence-electron chi connectivity index (χ4n) is 8.28. The highest BCUT2D eigenvalue weighted by Crippen LogP contribution is 2.29. The second kappa shape index (κ2) is 26.0. The normalized spacial score (nSPS) is 15.8. The van der Waals surface area contributed by atoms with Crippen molar-refractivity contribution in [3.05, 3.63) is 162 Å². The molecule has 1 saturated heterocycles. The van der Waals surface area contributed by atoms with Gasteiger partial charge in [-0.25, -0.2) is 9.97 Å². The Balaban J connectivity index is 0.775. The molecular weight excluding hydrogens is 986 g/mol. The number of fused-ring (bicyclic) bond motifs is 1. The monoisotopic (exact) mass is 1040 g/mol. The SMILES string of the molecule is N[C@H](Cc1ccc(OCCCCCCNC(=O)CNc2cc(C(=O)NC[C@H](O)CN3CCc4ccccc4C3)ncn2)cc1)C(=O)N1C/C(=C\c2ccc(Cl)c(Cl)c2)C(=O)/C(=C/c2ccc(Cl)c(Cl)c2)C1. The summed E-state index contributed by atoms with van der Waals surface area (Å²) in [5.41, 5.74) is 12.2. The van der Waals surface area contributed by atoms with Crippen LogP contribution in [-0.4, -0.2) is 113 Å². The van der Waals surface area contributed by atoms with E-state index in [4.69, 9.17) is 56.9 Å². The van der Waals surface area contributed by atoms with E-state index < -0.39 is 18.1 Å². The maximum absolute atomic E-state index is 13.9. The number of rotatable bonds is 21. The first-order valence-corrected chi connectivity index (χ1v) is 25.0. The third kappa shape index (κ3) is 15.8. The molecule has 0 bridgehead atoms. The highest BCUT2D eigenvalue weighted by atomic mass is 35.5. The van der Waals surface area contributed by atoms with Crippen molar-refractivity contribution in [2.75, 3.05) is 57.7 Å². The van der Waals surface area contributed by atoms with Gasteiger partial charge in [0.2, 0.25) is 11.8 Å². The summed E-state index contributed by atoms with van der Waals surface area (Å²) >= 11 is 24.8. The minimum absolute atomic E-state index is 0.0213. The number of likely N-dealkylation sites (tertiary alicyclic amines) is 1. The number of piperidine rings is 1.